The predicted octanol–water partition coefficient (Wildman–Crippen LogP) is 3.98. The zero-order chi connectivity index (χ0) is 18.7. The molecule has 0 saturated carbocycles. The van der Waals surface area contributed by atoms with Crippen molar-refractivity contribution in [2.24, 2.45) is 0 Å². The van der Waals surface area contributed by atoms with Crippen molar-refractivity contribution in [3.63, 3.8) is 0 Å². The number of hydrogen-bond acceptors (Lipinski definition) is 4. The molecule has 2 aromatic rings. The number of rotatable bonds is 6. The van der Waals surface area contributed by atoms with Crippen molar-refractivity contribution in [1.29, 1.82) is 0 Å². The number of alkyl halides is 3. The van der Waals surface area contributed by atoms with Gasteiger partial charge in [-0.05, 0) is 36.4 Å². The van der Waals surface area contributed by atoms with Gasteiger partial charge in [0.1, 0.15) is 5.75 Å². The van der Waals surface area contributed by atoms with Crippen molar-refractivity contribution in [3.05, 3.63) is 54.1 Å². The van der Waals surface area contributed by atoms with Gasteiger partial charge in [0, 0.05) is 17.7 Å². The molecule has 0 aliphatic carbocycles. The van der Waals surface area contributed by atoms with E-state index in [1.54, 1.807) is 6.92 Å². The second-order valence-corrected chi connectivity index (χ2v) is 6.66. The van der Waals surface area contributed by atoms with E-state index < -0.39 is 22.1 Å². The molecule has 0 bridgehead atoms. The van der Waals surface area contributed by atoms with Gasteiger partial charge in [-0.1, -0.05) is 19.1 Å². The van der Waals surface area contributed by atoms with Crippen LogP contribution in [0.5, 0.6) is 5.75 Å². The third-order valence-electron chi connectivity index (χ3n) is 3.13. The number of anilines is 1. The molecule has 0 fully saturated rings. The highest BCUT2D eigenvalue weighted by Crippen LogP contribution is 2.25. The van der Waals surface area contributed by atoms with E-state index in [-0.39, 0.29) is 28.4 Å². The minimum atomic E-state index is -4.83. The topological polar surface area (TPSA) is 72.5 Å². The first kappa shape index (κ1) is 18.8. The van der Waals surface area contributed by atoms with Gasteiger partial charge in [-0.15, -0.1) is 13.2 Å². The lowest BCUT2D eigenvalue weighted by Gasteiger charge is -2.11. The molecule has 0 heterocycles. The normalized spacial score (nSPS) is 11.8. The van der Waals surface area contributed by atoms with Gasteiger partial charge in [0.05, 0.1) is 4.90 Å². The van der Waals surface area contributed by atoms with Crippen LogP contribution < -0.4 is 9.46 Å². The first-order chi connectivity index (χ1) is 11.6. The van der Waals surface area contributed by atoms with Crippen LogP contribution in [0.2, 0.25) is 0 Å². The Labute approximate surface area is 142 Å². The fourth-order valence-electron chi connectivity index (χ4n) is 1.98. The van der Waals surface area contributed by atoms with Crippen molar-refractivity contribution < 1.29 is 31.1 Å². The quantitative estimate of drug-likeness (QED) is 0.778. The van der Waals surface area contributed by atoms with Crippen LogP contribution in [0.25, 0.3) is 0 Å². The number of carbonyl (C=O) groups is 1. The van der Waals surface area contributed by atoms with Gasteiger partial charge in [0.15, 0.2) is 5.78 Å². The zero-order valence-electron chi connectivity index (χ0n) is 13.0. The van der Waals surface area contributed by atoms with Crippen LogP contribution in [0.15, 0.2) is 53.4 Å². The number of carbonyl (C=O) groups excluding carboxylic acids is 1. The van der Waals surface area contributed by atoms with E-state index in [2.05, 4.69) is 9.46 Å². The number of sulfonamides is 1. The Hall–Kier alpha value is -2.55. The number of ketones is 1. The molecule has 0 aliphatic heterocycles. The summed E-state index contributed by atoms with van der Waals surface area (Å²) in [7, 11) is -3.99. The highest BCUT2D eigenvalue weighted by molar-refractivity contribution is 7.92. The molecule has 0 aromatic heterocycles. The van der Waals surface area contributed by atoms with E-state index in [4.69, 9.17) is 0 Å². The maximum absolute atomic E-state index is 12.3. The van der Waals surface area contributed by atoms with Gasteiger partial charge in [0.2, 0.25) is 0 Å². The van der Waals surface area contributed by atoms with Gasteiger partial charge in [-0.25, -0.2) is 8.42 Å². The average molecular weight is 373 g/mol. The molecule has 2 aromatic carbocycles. The summed E-state index contributed by atoms with van der Waals surface area (Å²) in [5.74, 6) is -0.670. The maximum Gasteiger partial charge on any atom is 0.573 e. The number of halogens is 3. The van der Waals surface area contributed by atoms with Gasteiger partial charge >= 0.3 is 6.36 Å². The number of Topliss-reactive ketones (excluding diaryl/α,β-unsaturated/α-hetero) is 1. The Balaban J connectivity index is 2.20. The van der Waals surface area contributed by atoms with Gasteiger partial charge in [-0.3, -0.25) is 9.52 Å². The Morgan fingerprint density at radius 2 is 1.76 bits per heavy atom. The number of nitrogens with one attached hydrogen (secondary N) is 1. The summed E-state index contributed by atoms with van der Waals surface area (Å²) >= 11 is 0. The largest absolute Gasteiger partial charge is 0.573 e. The van der Waals surface area contributed by atoms with Crippen LogP contribution in [0.3, 0.4) is 0 Å². The first-order valence-corrected chi connectivity index (χ1v) is 8.61. The van der Waals surface area contributed by atoms with E-state index in [0.717, 1.165) is 24.3 Å². The highest BCUT2D eigenvalue weighted by Gasteiger charge is 2.31. The van der Waals surface area contributed by atoms with E-state index in [9.17, 15) is 26.4 Å². The average Bonchev–Trinajstić information content (AvgIpc) is 2.54. The third-order valence-corrected chi connectivity index (χ3v) is 4.51. The molecule has 0 amide bonds. The molecule has 2 rings (SSSR count). The fraction of sp³-hybridized carbons (Fsp3) is 0.188. The van der Waals surface area contributed by atoms with Crippen LogP contribution in [0, 0.1) is 0 Å². The van der Waals surface area contributed by atoms with Crippen molar-refractivity contribution >= 4 is 21.5 Å². The SMILES string of the molecule is CCC(=O)c1cccc(S(=O)(=O)Nc2ccc(OC(F)(F)F)cc2)c1. The Kier molecular flexibility index (Phi) is 5.36. The van der Waals surface area contributed by atoms with Crippen molar-refractivity contribution in [2.45, 2.75) is 24.6 Å². The number of ether oxygens (including phenoxy) is 1. The molecule has 1 N–H and O–H groups in total. The van der Waals surface area contributed by atoms with Crippen LogP contribution in [-0.4, -0.2) is 20.6 Å². The molecule has 0 atom stereocenters. The van der Waals surface area contributed by atoms with E-state index in [1.807, 2.05) is 0 Å². The number of benzene rings is 2. The molecular formula is C16H14F3NO4S. The molecule has 9 heteroatoms. The van der Waals surface area contributed by atoms with Gasteiger partial charge in [-0.2, -0.15) is 0 Å². The van der Waals surface area contributed by atoms with Crippen LogP contribution in [-0.2, 0) is 10.0 Å². The molecule has 0 saturated heterocycles. The van der Waals surface area contributed by atoms with Gasteiger partial charge < -0.3 is 4.74 Å². The molecule has 0 spiro atoms. The number of hydrogen-bond donors (Lipinski definition) is 1. The second-order valence-electron chi connectivity index (χ2n) is 4.98. The zero-order valence-corrected chi connectivity index (χ0v) is 13.8. The molecule has 134 valence electrons. The van der Waals surface area contributed by atoms with Crippen molar-refractivity contribution in [3.8, 4) is 5.75 Å². The third kappa shape index (κ3) is 5.21. The van der Waals surface area contributed by atoms with E-state index in [1.165, 1.54) is 24.3 Å². The van der Waals surface area contributed by atoms with Gasteiger partial charge in [0.25, 0.3) is 10.0 Å². The maximum atomic E-state index is 12.3. The lowest BCUT2D eigenvalue weighted by Crippen LogP contribution is -2.17. The van der Waals surface area contributed by atoms with Crippen molar-refractivity contribution in [1.82, 2.24) is 0 Å². The Morgan fingerprint density at radius 3 is 2.32 bits per heavy atom. The summed E-state index contributed by atoms with van der Waals surface area (Å²) in [5.41, 5.74) is 0.320. The van der Waals surface area contributed by atoms with Crippen molar-refractivity contribution in [2.75, 3.05) is 4.72 Å². The standard InChI is InChI=1S/C16H14F3NO4S/c1-2-15(21)11-4-3-5-14(10-11)25(22,23)20-12-6-8-13(9-7-12)24-16(17,18)19/h3-10,20H,2H2,1H3. The first-order valence-electron chi connectivity index (χ1n) is 7.12. The lowest BCUT2D eigenvalue weighted by atomic mass is 10.1. The van der Waals surface area contributed by atoms with Crippen LogP contribution in [0.4, 0.5) is 18.9 Å². The monoisotopic (exact) mass is 373 g/mol. The van der Waals surface area contributed by atoms with Crippen LogP contribution in [0.1, 0.15) is 23.7 Å². The predicted molar refractivity (Wildman–Crippen MR) is 85.0 cm³/mol. The fourth-order valence-corrected chi connectivity index (χ4v) is 3.08. The summed E-state index contributed by atoms with van der Waals surface area (Å²) in [6, 6.07) is 9.77. The summed E-state index contributed by atoms with van der Waals surface area (Å²) < 4.78 is 66.9. The van der Waals surface area contributed by atoms with E-state index in [0.29, 0.717) is 0 Å². The molecular weight excluding hydrogens is 359 g/mol. The lowest BCUT2D eigenvalue weighted by molar-refractivity contribution is -0.274. The van der Waals surface area contributed by atoms with E-state index >= 15 is 0 Å². The minimum absolute atomic E-state index is 0.0572. The smallest absolute Gasteiger partial charge is 0.406 e. The molecule has 0 aliphatic rings. The highest BCUT2D eigenvalue weighted by atomic mass is 32.2. The summed E-state index contributed by atoms with van der Waals surface area (Å²) in [6.07, 6.45) is -4.59. The van der Waals surface area contributed by atoms with Crippen LogP contribution >= 0.6 is 0 Å². The second kappa shape index (κ2) is 7.14. The Bertz CT molecular complexity index is 862. The molecule has 0 unspecified atom stereocenters. The molecule has 5 nitrogen and oxygen atoms in total. The summed E-state index contributed by atoms with van der Waals surface area (Å²) in [4.78, 5) is 11.6. The summed E-state index contributed by atoms with van der Waals surface area (Å²) in [5, 5.41) is 0. The molecule has 25 heavy (non-hydrogen) atoms. The Morgan fingerprint density at radius 1 is 1.12 bits per heavy atom. The minimum Gasteiger partial charge on any atom is -0.406 e. The molecule has 0 radical (unpaired) electrons. The summed E-state index contributed by atoms with van der Waals surface area (Å²) in [6.45, 7) is 1.66.